The third-order valence-corrected chi connectivity index (χ3v) is 3.66. The molecule has 1 atom stereocenters. The maximum absolute atomic E-state index is 11.5. The second kappa shape index (κ2) is 7.25. The predicted octanol–water partition coefficient (Wildman–Crippen LogP) is 1.69. The highest BCUT2D eigenvalue weighted by atomic mass is 35.5. The van der Waals surface area contributed by atoms with E-state index in [0.717, 1.165) is 4.90 Å². The fraction of sp³-hybridized carbons (Fsp3) is 0.333. The van der Waals surface area contributed by atoms with Gasteiger partial charge in [0.05, 0.1) is 7.11 Å². The van der Waals surface area contributed by atoms with Crippen molar-refractivity contribution < 1.29 is 14.3 Å². The van der Waals surface area contributed by atoms with E-state index in [1.54, 1.807) is 18.2 Å². The van der Waals surface area contributed by atoms with E-state index < -0.39 is 12.0 Å². The fourth-order valence-corrected chi connectivity index (χ4v) is 2.52. The second-order valence-electron chi connectivity index (χ2n) is 3.77. The summed E-state index contributed by atoms with van der Waals surface area (Å²) in [6, 6.07) is 4.41. The van der Waals surface area contributed by atoms with Crippen LogP contribution in [-0.4, -0.2) is 30.8 Å². The van der Waals surface area contributed by atoms with Crippen LogP contribution in [0.5, 0.6) is 0 Å². The number of anilines is 1. The molecule has 1 aromatic carbocycles. The Kier molecular flexibility index (Phi) is 5.98. The molecule has 0 spiro atoms. The molecule has 0 bridgehead atoms. The topological polar surface area (TPSA) is 81.4 Å². The Bertz CT molecular complexity index is 482. The van der Waals surface area contributed by atoms with Gasteiger partial charge in [-0.1, -0.05) is 11.6 Å². The molecule has 0 aliphatic heterocycles. The minimum Gasteiger partial charge on any atom is -0.467 e. The summed E-state index contributed by atoms with van der Waals surface area (Å²) in [7, 11) is 1.28. The van der Waals surface area contributed by atoms with Gasteiger partial charge in [0.15, 0.2) is 0 Å². The number of carbonyl (C=O) groups excluding carboxylic acids is 2. The third-order valence-electron chi connectivity index (χ3n) is 2.24. The van der Waals surface area contributed by atoms with E-state index in [1.165, 1.54) is 25.8 Å². The molecule has 104 valence electrons. The quantitative estimate of drug-likeness (QED) is 0.491. The lowest BCUT2D eigenvalue weighted by atomic mass is 10.3. The van der Waals surface area contributed by atoms with Crippen molar-refractivity contribution in [3.63, 3.8) is 0 Å². The minimum atomic E-state index is -0.706. The lowest BCUT2D eigenvalue weighted by molar-refractivity contribution is -0.144. The van der Waals surface area contributed by atoms with Gasteiger partial charge in [-0.25, -0.2) is 4.79 Å². The van der Waals surface area contributed by atoms with Gasteiger partial charge >= 0.3 is 5.97 Å². The lowest BCUT2D eigenvalue weighted by Gasteiger charge is -2.15. The second-order valence-corrected chi connectivity index (χ2v) is 5.27. The number of hydrogen-bond donors (Lipinski definition) is 2. The zero-order valence-electron chi connectivity index (χ0n) is 10.6. The molecule has 0 aliphatic carbocycles. The number of ether oxygens (including phenoxy) is 1. The number of rotatable bonds is 5. The molecule has 7 heteroatoms. The van der Waals surface area contributed by atoms with Gasteiger partial charge in [-0.3, -0.25) is 4.79 Å². The smallest absolute Gasteiger partial charge is 0.329 e. The first-order valence-corrected chi connectivity index (χ1v) is 6.83. The Hall–Kier alpha value is -1.40. The third kappa shape index (κ3) is 5.00. The molecule has 1 rings (SSSR count). The molecule has 1 unspecified atom stereocenters. The van der Waals surface area contributed by atoms with Crippen molar-refractivity contribution in [2.24, 2.45) is 0 Å². The summed E-state index contributed by atoms with van der Waals surface area (Å²) >= 11 is 7.15. The summed E-state index contributed by atoms with van der Waals surface area (Å²) < 4.78 is 4.63. The van der Waals surface area contributed by atoms with Crippen molar-refractivity contribution in [2.75, 3.05) is 18.6 Å². The van der Waals surface area contributed by atoms with Crippen molar-refractivity contribution in [1.82, 2.24) is 5.32 Å². The molecule has 1 amide bonds. The van der Waals surface area contributed by atoms with E-state index in [4.69, 9.17) is 17.3 Å². The number of carbonyl (C=O) groups is 2. The molecule has 0 fully saturated rings. The number of nitrogen functional groups attached to an aromatic ring is 1. The predicted molar refractivity (Wildman–Crippen MR) is 76.2 cm³/mol. The molecule has 3 N–H and O–H groups in total. The van der Waals surface area contributed by atoms with Gasteiger partial charge in [0.25, 0.3) is 0 Å². The van der Waals surface area contributed by atoms with Crippen LogP contribution in [-0.2, 0) is 14.3 Å². The number of nitrogens with two attached hydrogens (primary N) is 1. The van der Waals surface area contributed by atoms with Crippen LogP contribution in [0.4, 0.5) is 5.69 Å². The average molecular weight is 303 g/mol. The summed E-state index contributed by atoms with van der Waals surface area (Å²) in [6.45, 7) is 1.34. The number of halogens is 1. The molecule has 19 heavy (non-hydrogen) atoms. The van der Waals surface area contributed by atoms with Gasteiger partial charge < -0.3 is 15.8 Å². The minimum absolute atomic E-state index is 0.292. The lowest BCUT2D eigenvalue weighted by Crippen LogP contribution is -2.42. The van der Waals surface area contributed by atoms with Crippen molar-refractivity contribution in [3.8, 4) is 0 Å². The van der Waals surface area contributed by atoms with Crippen molar-refractivity contribution in [3.05, 3.63) is 23.2 Å². The van der Waals surface area contributed by atoms with Crippen LogP contribution in [0.25, 0.3) is 0 Å². The summed E-state index contributed by atoms with van der Waals surface area (Å²) in [6.07, 6.45) is 0. The molecule has 0 aromatic heterocycles. The van der Waals surface area contributed by atoms with Crippen molar-refractivity contribution in [2.45, 2.75) is 17.9 Å². The van der Waals surface area contributed by atoms with Crippen LogP contribution in [0.1, 0.15) is 6.92 Å². The van der Waals surface area contributed by atoms with Crippen LogP contribution in [0.3, 0.4) is 0 Å². The number of methoxy groups -OCH3 is 1. The van der Waals surface area contributed by atoms with Crippen LogP contribution in [0.15, 0.2) is 23.1 Å². The van der Waals surface area contributed by atoms with Gasteiger partial charge in [-0.15, -0.1) is 11.8 Å². The first-order valence-electron chi connectivity index (χ1n) is 5.46. The van der Waals surface area contributed by atoms with E-state index in [1.807, 2.05) is 0 Å². The van der Waals surface area contributed by atoms with Crippen molar-refractivity contribution >= 4 is 40.9 Å². The molecule has 5 nitrogen and oxygen atoms in total. The van der Waals surface area contributed by atoms with E-state index >= 15 is 0 Å². The van der Waals surface area contributed by atoms with E-state index in [-0.39, 0.29) is 5.91 Å². The first kappa shape index (κ1) is 15.7. The number of nitrogens with one attached hydrogen (secondary N) is 1. The Morgan fingerprint density at radius 3 is 2.74 bits per heavy atom. The fourth-order valence-electron chi connectivity index (χ4n) is 1.38. The Labute approximate surface area is 120 Å². The van der Waals surface area contributed by atoms with Crippen LogP contribution >= 0.6 is 23.4 Å². The molecule has 0 aliphatic rings. The SMILES string of the molecule is COC(=O)C(CSc1ccc(Cl)cc1N)NC(C)=O. The summed E-state index contributed by atoms with van der Waals surface area (Å²) in [5.41, 5.74) is 6.34. The Balaban J connectivity index is 2.70. The van der Waals surface area contributed by atoms with E-state index in [0.29, 0.717) is 16.5 Å². The molecule has 0 heterocycles. The number of benzene rings is 1. The standard InChI is InChI=1S/C12H15ClN2O3S/c1-7(16)15-10(12(17)18-2)6-19-11-4-3-8(13)5-9(11)14/h3-5,10H,6,14H2,1-2H3,(H,15,16). The Morgan fingerprint density at radius 2 is 2.21 bits per heavy atom. The number of amides is 1. The van der Waals surface area contributed by atoms with Crippen LogP contribution < -0.4 is 11.1 Å². The highest BCUT2D eigenvalue weighted by molar-refractivity contribution is 7.99. The van der Waals surface area contributed by atoms with Gasteiger partial charge in [0.2, 0.25) is 5.91 Å². The molecule has 0 radical (unpaired) electrons. The first-order chi connectivity index (χ1) is 8.93. The largest absolute Gasteiger partial charge is 0.467 e. The van der Waals surface area contributed by atoms with E-state index in [2.05, 4.69) is 10.1 Å². The van der Waals surface area contributed by atoms with Crippen LogP contribution in [0.2, 0.25) is 5.02 Å². The number of esters is 1. The Morgan fingerprint density at radius 1 is 1.53 bits per heavy atom. The van der Waals surface area contributed by atoms with E-state index in [9.17, 15) is 9.59 Å². The molecule has 0 saturated carbocycles. The van der Waals surface area contributed by atoms with Gasteiger partial charge in [-0.05, 0) is 18.2 Å². The summed E-state index contributed by atoms with van der Waals surface area (Å²) in [5, 5.41) is 3.08. The number of thioether (sulfide) groups is 1. The average Bonchev–Trinajstić information content (AvgIpc) is 2.34. The molecular formula is C12H15ClN2O3S. The maximum Gasteiger partial charge on any atom is 0.329 e. The van der Waals surface area contributed by atoms with Gasteiger partial charge in [0.1, 0.15) is 6.04 Å². The summed E-state index contributed by atoms with van der Waals surface area (Å²) in [5.74, 6) is -0.451. The number of hydrogen-bond acceptors (Lipinski definition) is 5. The van der Waals surface area contributed by atoms with Crippen LogP contribution in [0, 0.1) is 0 Å². The molecular weight excluding hydrogens is 288 g/mol. The maximum atomic E-state index is 11.5. The summed E-state index contributed by atoms with van der Waals surface area (Å²) in [4.78, 5) is 23.3. The zero-order valence-corrected chi connectivity index (χ0v) is 12.2. The highest BCUT2D eigenvalue weighted by Crippen LogP contribution is 2.28. The van der Waals surface area contributed by atoms with Gasteiger partial charge in [0, 0.05) is 28.3 Å². The molecule has 1 aromatic rings. The van der Waals surface area contributed by atoms with Gasteiger partial charge in [-0.2, -0.15) is 0 Å². The monoisotopic (exact) mass is 302 g/mol. The highest BCUT2D eigenvalue weighted by Gasteiger charge is 2.20. The zero-order chi connectivity index (χ0) is 14.4. The molecule has 0 saturated heterocycles. The van der Waals surface area contributed by atoms with Crippen molar-refractivity contribution in [1.29, 1.82) is 0 Å². The normalized spacial score (nSPS) is 11.7.